The SMILES string of the molecule is CN=C(NCC(c1ccc(OC)cc1)N1CCCC1)N(C)Cc1cccn1C. The summed E-state index contributed by atoms with van der Waals surface area (Å²) in [5.74, 6) is 1.81. The third-order valence-electron chi connectivity index (χ3n) is 5.56. The van der Waals surface area contributed by atoms with E-state index in [4.69, 9.17) is 4.74 Å². The van der Waals surface area contributed by atoms with Crippen LogP contribution >= 0.6 is 0 Å². The third-order valence-corrected chi connectivity index (χ3v) is 5.56. The number of aryl methyl sites for hydroxylation is 1. The van der Waals surface area contributed by atoms with Crippen LogP contribution in [-0.2, 0) is 13.6 Å². The summed E-state index contributed by atoms with van der Waals surface area (Å²) in [6.45, 7) is 3.95. The minimum Gasteiger partial charge on any atom is -0.497 e. The molecule has 1 saturated heterocycles. The predicted molar refractivity (Wildman–Crippen MR) is 115 cm³/mol. The van der Waals surface area contributed by atoms with Gasteiger partial charge in [0.15, 0.2) is 5.96 Å². The molecule has 0 amide bonds. The highest BCUT2D eigenvalue weighted by Gasteiger charge is 2.24. The van der Waals surface area contributed by atoms with Gasteiger partial charge in [0, 0.05) is 39.6 Å². The Labute approximate surface area is 168 Å². The molecule has 1 fully saturated rings. The fourth-order valence-electron chi connectivity index (χ4n) is 3.89. The van der Waals surface area contributed by atoms with Crippen molar-refractivity contribution in [2.45, 2.75) is 25.4 Å². The number of benzene rings is 1. The molecule has 3 rings (SSSR count). The molecule has 0 aliphatic carbocycles. The number of rotatable bonds is 7. The summed E-state index contributed by atoms with van der Waals surface area (Å²) in [7, 11) is 7.72. The molecule has 1 atom stereocenters. The maximum atomic E-state index is 5.32. The zero-order valence-electron chi connectivity index (χ0n) is 17.6. The predicted octanol–water partition coefficient (Wildman–Crippen LogP) is 2.88. The highest BCUT2D eigenvalue weighted by molar-refractivity contribution is 5.79. The van der Waals surface area contributed by atoms with E-state index in [0.29, 0.717) is 6.04 Å². The first-order chi connectivity index (χ1) is 13.6. The molecule has 0 spiro atoms. The Morgan fingerprint density at radius 3 is 2.50 bits per heavy atom. The Kier molecular flexibility index (Phi) is 6.98. The van der Waals surface area contributed by atoms with Gasteiger partial charge in [-0.25, -0.2) is 0 Å². The number of hydrogen-bond donors (Lipinski definition) is 1. The van der Waals surface area contributed by atoms with Crippen LogP contribution in [-0.4, -0.2) is 61.2 Å². The average molecular weight is 384 g/mol. The number of likely N-dealkylation sites (tertiary alicyclic amines) is 1. The van der Waals surface area contributed by atoms with Gasteiger partial charge >= 0.3 is 0 Å². The molecule has 1 aromatic heterocycles. The Morgan fingerprint density at radius 1 is 1.21 bits per heavy atom. The van der Waals surface area contributed by atoms with E-state index in [2.05, 4.69) is 81.4 Å². The Morgan fingerprint density at radius 2 is 1.93 bits per heavy atom. The summed E-state index contributed by atoms with van der Waals surface area (Å²) in [5, 5.41) is 3.60. The zero-order valence-corrected chi connectivity index (χ0v) is 17.6. The lowest BCUT2D eigenvalue weighted by Crippen LogP contribution is -2.43. The molecule has 6 nitrogen and oxygen atoms in total. The van der Waals surface area contributed by atoms with E-state index in [9.17, 15) is 0 Å². The number of ether oxygens (including phenoxy) is 1. The van der Waals surface area contributed by atoms with E-state index in [-0.39, 0.29) is 0 Å². The van der Waals surface area contributed by atoms with Crippen molar-refractivity contribution < 1.29 is 4.74 Å². The van der Waals surface area contributed by atoms with Crippen LogP contribution in [0.15, 0.2) is 47.6 Å². The molecular formula is C22H33N5O. The fourth-order valence-corrected chi connectivity index (χ4v) is 3.89. The molecule has 6 heteroatoms. The van der Waals surface area contributed by atoms with Crippen molar-refractivity contribution in [3.63, 3.8) is 0 Å². The van der Waals surface area contributed by atoms with Gasteiger partial charge in [0.2, 0.25) is 0 Å². The lowest BCUT2D eigenvalue weighted by Gasteiger charge is -2.30. The van der Waals surface area contributed by atoms with Gasteiger partial charge in [-0.3, -0.25) is 9.89 Å². The quantitative estimate of drug-likeness (QED) is 0.590. The molecule has 28 heavy (non-hydrogen) atoms. The first kappa shape index (κ1) is 20.3. The first-order valence-electron chi connectivity index (χ1n) is 10.0. The second-order valence-corrected chi connectivity index (χ2v) is 7.43. The standard InChI is InChI=1S/C22H33N5O/c1-23-22(26(3)17-19-8-7-13-25(19)2)24-16-21(27-14-5-6-15-27)18-9-11-20(28-4)12-10-18/h7-13,21H,5-6,14-17H2,1-4H3,(H,23,24). The van der Waals surface area contributed by atoms with Crippen LogP contribution < -0.4 is 10.1 Å². The molecule has 152 valence electrons. The summed E-state index contributed by atoms with van der Waals surface area (Å²) in [6, 6.07) is 13.0. The summed E-state index contributed by atoms with van der Waals surface area (Å²) in [6.07, 6.45) is 4.62. The van der Waals surface area contributed by atoms with Gasteiger partial charge in [0.25, 0.3) is 0 Å². The molecule has 0 saturated carbocycles. The van der Waals surface area contributed by atoms with Crippen molar-refractivity contribution in [3.8, 4) is 5.75 Å². The van der Waals surface area contributed by atoms with Crippen LogP contribution in [0.25, 0.3) is 0 Å². The summed E-state index contributed by atoms with van der Waals surface area (Å²) in [5.41, 5.74) is 2.58. The summed E-state index contributed by atoms with van der Waals surface area (Å²) < 4.78 is 7.47. The van der Waals surface area contributed by atoms with Gasteiger partial charge in [-0.05, 0) is 55.8 Å². The van der Waals surface area contributed by atoms with Gasteiger partial charge in [0.05, 0.1) is 19.7 Å². The molecule has 1 aromatic carbocycles. The second-order valence-electron chi connectivity index (χ2n) is 7.43. The van der Waals surface area contributed by atoms with Gasteiger partial charge in [-0.1, -0.05) is 12.1 Å². The smallest absolute Gasteiger partial charge is 0.193 e. The third kappa shape index (κ3) is 4.87. The Bertz CT molecular complexity index is 761. The largest absolute Gasteiger partial charge is 0.497 e. The molecule has 1 aliphatic rings. The Hall–Kier alpha value is -2.47. The number of nitrogens with zero attached hydrogens (tertiary/aromatic N) is 4. The van der Waals surface area contributed by atoms with Crippen molar-refractivity contribution in [1.29, 1.82) is 0 Å². The van der Waals surface area contributed by atoms with E-state index in [1.807, 2.05) is 7.05 Å². The number of aliphatic imine (C=N–C) groups is 1. The number of methoxy groups -OCH3 is 1. The zero-order chi connectivity index (χ0) is 19.9. The van der Waals surface area contributed by atoms with E-state index < -0.39 is 0 Å². The van der Waals surface area contributed by atoms with Gasteiger partial charge in [0.1, 0.15) is 5.75 Å². The summed E-state index contributed by atoms with van der Waals surface area (Å²) >= 11 is 0. The molecule has 1 aliphatic heterocycles. The van der Waals surface area contributed by atoms with Crippen molar-refractivity contribution in [2.75, 3.05) is 40.8 Å². The molecule has 0 bridgehead atoms. The van der Waals surface area contributed by atoms with Crippen LogP contribution in [0.2, 0.25) is 0 Å². The van der Waals surface area contributed by atoms with Crippen LogP contribution in [0, 0.1) is 0 Å². The van der Waals surface area contributed by atoms with E-state index in [1.54, 1.807) is 7.11 Å². The fraction of sp³-hybridized carbons (Fsp3) is 0.500. The molecule has 0 radical (unpaired) electrons. The topological polar surface area (TPSA) is 45.0 Å². The second kappa shape index (κ2) is 9.64. The number of hydrogen-bond acceptors (Lipinski definition) is 3. The molecule has 1 unspecified atom stereocenters. The van der Waals surface area contributed by atoms with Crippen LogP contribution in [0.4, 0.5) is 0 Å². The lowest BCUT2D eigenvalue weighted by molar-refractivity contribution is 0.243. The van der Waals surface area contributed by atoms with Crippen molar-refractivity contribution in [2.24, 2.45) is 12.0 Å². The monoisotopic (exact) mass is 383 g/mol. The van der Waals surface area contributed by atoms with E-state index in [1.165, 1.54) is 24.1 Å². The van der Waals surface area contributed by atoms with Gasteiger partial charge in [-0.2, -0.15) is 0 Å². The normalized spacial score (nSPS) is 16.2. The number of guanidine groups is 1. The van der Waals surface area contributed by atoms with Gasteiger partial charge < -0.3 is 19.5 Å². The number of aromatic nitrogens is 1. The summed E-state index contributed by atoms with van der Waals surface area (Å²) in [4.78, 5) is 9.24. The molecule has 1 N–H and O–H groups in total. The minimum atomic E-state index is 0.327. The van der Waals surface area contributed by atoms with Crippen LogP contribution in [0.3, 0.4) is 0 Å². The first-order valence-corrected chi connectivity index (χ1v) is 10.0. The molecular weight excluding hydrogens is 350 g/mol. The van der Waals surface area contributed by atoms with E-state index in [0.717, 1.165) is 37.9 Å². The van der Waals surface area contributed by atoms with Crippen molar-refractivity contribution in [1.82, 2.24) is 19.7 Å². The Balaban J connectivity index is 1.68. The average Bonchev–Trinajstić information content (AvgIpc) is 3.38. The van der Waals surface area contributed by atoms with Gasteiger partial charge in [-0.15, -0.1) is 0 Å². The minimum absolute atomic E-state index is 0.327. The number of nitrogens with one attached hydrogen (secondary N) is 1. The molecule has 2 aromatic rings. The maximum absolute atomic E-state index is 5.32. The highest BCUT2D eigenvalue weighted by atomic mass is 16.5. The van der Waals surface area contributed by atoms with Crippen LogP contribution in [0.5, 0.6) is 5.75 Å². The lowest BCUT2D eigenvalue weighted by atomic mass is 10.1. The van der Waals surface area contributed by atoms with E-state index >= 15 is 0 Å². The highest BCUT2D eigenvalue weighted by Crippen LogP contribution is 2.26. The van der Waals surface area contributed by atoms with Crippen molar-refractivity contribution >= 4 is 5.96 Å². The maximum Gasteiger partial charge on any atom is 0.193 e. The van der Waals surface area contributed by atoms with Crippen molar-refractivity contribution in [3.05, 3.63) is 53.9 Å². The molecule has 2 heterocycles. The van der Waals surface area contributed by atoms with Crippen LogP contribution in [0.1, 0.15) is 30.1 Å².